The molecule has 0 bridgehead atoms. The highest BCUT2D eigenvalue weighted by Crippen LogP contribution is 2.26. The monoisotopic (exact) mass is 466 g/mol. The number of aromatic nitrogens is 2. The molecule has 0 unspecified atom stereocenters. The summed E-state index contributed by atoms with van der Waals surface area (Å²) >= 11 is 5.74. The van der Waals surface area contributed by atoms with E-state index < -0.39 is 20.7 Å². The highest BCUT2D eigenvalue weighted by molar-refractivity contribution is 7.89. The molecule has 0 spiro atoms. The maximum Gasteiger partial charge on any atom is 0.246 e. The van der Waals surface area contributed by atoms with E-state index in [2.05, 4.69) is 10.1 Å². The van der Waals surface area contributed by atoms with Crippen LogP contribution in [0.2, 0.25) is 5.02 Å². The Balaban J connectivity index is 1.38. The number of benzene rings is 2. The minimum atomic E-state index is -3.96. The molecule has 1 aromatic heterocycles. The Labute approximate surface area is 184 Å². The maximum atomic E-state index is 14.2. The van der Waals surface area contributed by atoms with Gasteiger partial charge in [0.1, 0.15) is 10.6 Å². The molecule has 2 aromatic carbocycles. The Bertz CT molecular complexity index is 1160. The first-order valence-corrected chi connectivity index (χ1v) is 11.3. The van der Waals surface area contributed by atoms with Crippen LogP contribution in [0.1, 0.15) is 5.89 Å². The largest absolute Gasteiger partial charge is 0.497 e. The van der Waals surface area contributed by atoms with Crippen LogP contribution in [0.25, 0.3) is 11.4 Å². The zero-order valence-electron chi connectivity index (χ0n) is 16.7. The van der Waals surface area contributed by atoms with E-state index in [0.717, 1.165) is 11.3 Å². The van der Waals surface area contributed by atoms with Crippen LogP contribution in [0.4, 0.5) is 4.39 Å². The Hall–Kier alpha value is -2.53. The third-order valence-corrected chi connectivity index (χ3v) is 7.25. The average molecular weight is 467 g/mol. The number of methoxy groups -OCH3 is 1. The molecule has 2 heterocycles. The van der Waals surface area contributed by atoms with E-state index in [0.29, 0.717) is 31.3 Å². The number of halogens is 2. The molecule has 8 nitrogen and oxygen atoms in total. The zero-order valence-corrected chi connectivity index (χ0v) is 18.2. The lowest BCUT2D eigenvalue weighted by molar-refractivity contribution is 0.163. The molecule has 1 saturated heterocycles. The highest BCUT2D eigenvalue weighted by Gasteiger charge is 2.31. The van der Waals surface area contributed by atoms with Crippen LogP contribution in [0.5, 0.6) is 5.75 Å². The number of hydrogen-bond donors (Lipinski definition) is 0. The second-order valence-corrected chi connectivity index (χ2v) is 9.29. The molecule has 0 N–H and O–H groups in total. The molecule has 4 rings (SSSR count). The predicted molar refractivity (Wildman–Crippen MR) is 112 cm³/mol. The van der Waals surface area contributed by atoms with E-state index in [1.54, 1.807) is 7.11 Å². The van der Waals surface area contributed by atoms with Crippen LogP contribution in [0.15, 0.2) is 51.9 Å². The molecule has 0 radical (unpaired) electrons. The van der Waals surface area contributed by atoms with Crippen molar-refractivity contribution in [3.63, 3.8) is 0 Å². The van der Waals surface area contributed by atoms with Crippen molar-refractivity contribution in [3.05, 3.63) is 59.2 Å². The molecular formula is C20H20ClFN4O4S. The maximum absolute atomic E-state index is 14.2. The molecule has 31 heavy (non-hydrogen) atoms. The van der Waals surface area contributed by atoms with E-state index in [4.69, 9.17) is 20.9 Å². The van der Waals surface area contributed by atoms with Gasteiger partial charge in [-0.25, -0.2) is 12.8 Å². The number of rotatable bonds is 6. The van der Waals surface area contributed by atoms with Gasteiger partial charge >= 0.3 is 0 Å². The molecular weight excluding hydrogens is 447 g/mol. The molecule has 1 aliphatic heterocycles. The first-order chi connectivity index (χ1) is 14.9. The van der Waals surface area contributed by atoms with Crippen molar-refractivity contribution in [2.75, 3.05) is 33.3 Å². The lowest BCUT2D eigenvalue weighted by atomic mass is 10.2. The zero-order chi connectivity index (χ0) is 22.0. The van der Waals surface area contributed by atoms with Gasteiger partial charge in [-0.2, -0.15) is 9.29 Å². The van der Waals surface area contributed by atoms with Gasteiger partial charge < -0.3 is 9.26 Å². The molecule has 0 atom stereocenters. The van der Waals surface area contributed by atoms with Gasteiger partial charge in [0.25, 0.3) is 0 Å². The van der Waals surface area contributed by atoms with Gasteiger partial charge in [0.05, 0.1) is 18.7 Å². The van der Waals surface area contributed by atoms with E-state index in [1.165, 1.54) is 22.5 Å². The second-order valence-electron chi connectivity index (χ2n) is 6.97. The molecule has 164 valence electrons. The van der Waals surface area contributed by atoms with Crippen LogP contribution in [-0.4, -0.2) is 61.1 Å². The van der Waals surface area contributed by atoms with Crippen molar-refractivity contribution in [2.45, 2.75) is 11.4 Å². The van der Waals surface area contributed by atoms with Crippen molar-refractivity contribution >= 4 is 21.6 Å². The summed E-state index contributed by atoms with van der Waals surface area (Å²) < 4.78 is 51.5. The molecule has 0 saturated carbocycles. The summed E-state index contributed by atoms with van der Waals surface area (Å²) in [6.45, 7) is 1.72. The number of nitrogens with zero attached hydrogens (tertiary/aromatic N) is 4. The summed E-state index contributed by atoms with van der Waals surface area (Å²) in [6, 6.07) is 11.3. The summed E-state index contributed by atoms with van der Waals surface area (Å²) in [6.07, 6.45) is 0. The Morgan fingerprint density at radius 2 is 1.84 bits per heavy atom. The lowest BCUT2D eigenvalue weighted by Gasteiger charge is -2.33. The summed E-state index contributed by atoms with van der Waals surface area (Å²) in [5.41, 5.74) is 0.801. The number of ether oxygens (including phenoxy) is 1. The third-order valence-electron chi connectivity index (χ3n) is 5.04. The van der Waals surface area contributed by atoms with Gasteiger partial charge in [-0.3, -0.25) is 4.90 Å². The van der Waals surface area contributed by atoms with Gasteiger partial charge in [-0.1, -0.05) is 22.8 Å². The molecule has 1 fully saturated rings. The second kappa shape index (κ2) is 8.91. The fraction of sp³-hybridized carbons (Fsp3) is 0.300. The first-order valence-electron chi connectivity index (χ1n) is 9.52. The fourth-order valence-corrected chi connectivity index (χ4v) is 5.06. The molecule has 11 heteroatoms. The van der Waals surface area contributed by atoms with Gasteiger partial charge in [0.2, 0.25) is 21.7 Å². The van der Waals surface area contributed by atoms with Crippen molar-refractivity contribution in [1.29, 1.82) is 0 Å². The van der Waals surface area contributed by atoms with Crippen molar-refractivity contribution < 1.29 is 22.1 Å². The number of piperazine rings is 1. The molecule has 0 aliphatic carbocycles. The van der Waals surface area contributed by atoms with E-state index >= 15 is 0 Å². The van der Waals surface area contributed by atoms with Crippen molar-refractivity contribution in [3.8, 4) is 17.1 Å². The first kappa shape index (κ1) is 21.7. The predicted octanol–water partition coefficient (Wildman–Crippen LogP) is 3.04. The van der Waals surface area contributed by atoms with Gasteiger partial charge in [0, 0.05) is 31.7 Å². The Morgan fingerprint density at radius 1 is 1.13 bits per heavy atom. The van der Waals surface area contributed by atoms with Gasteiger partial charge in [-0.15, -0.1) is 0 Å². The smallest absolute Gasteiger partial charge is 0.246 e. The molecule has 0 amide bonds. The summed E-state index contributed by atoms with van der Waals surface area (Å²) in [5, 5.41) is 3.79. The fourth-order valence-electron chi connectivity index (χ4n) is 3.32. The lowest BCUT2D eigenvalue weighted by Crippen LogP contribution is -2.48. The quantitative estimate of drug-likeness (QED) is 0.551. The third kappa shape index (κ3) is 4.57. The van der Waals surface area contributed by atoms with Gasteiger partial charge in [-0.05, 0) is 36.4 Å². The summed E-state index contributed by atoms with van der Waals surface area (Å²) in [7, 11) is -2.37. The van der Waals surface area contributed by atoms with Crippen LogP contribution in [0, 0.1) is 5.82 Å². The molecule has 3 aromatic rings. The number of sulfonamides is 1. The van der Waals surface area contributed by atoms with Gasteiger partial charge in [0.15, 0.2) is 5.82 Å². The minimum Gasteiger partial charge on any atom is -0.497 e. The van der Waals surface area contributed by atoms with Crippen LogP contribution in [0.3, 0.4) is 0 Å². The van der Waals surface area contributed by atoms with E-state index in [9.17, 15) is 12.8 Å². The van der Waals surface area contributed by atoms with Crippen molar-refractivity contribution in [2.24, 2.45) is 0 Å². The summed E-state index contributed by atoms with van der Waals surface area (Å²) in [5.74, 6) is 0.708. The SMILES string of the molecule is COc1ccc(-c2noc(CN3CCN(S(=O)(=O)c4cccc(Cl)c4F)CC3)n2)cc1. The van der Waals surface area contributed by atoms with Crippen molar-refractivity contribution in [1.82, 2.24) is 19.3 Å². The number of hydrogen-bond acceptors (Lipinski definition) is 7. The topological polar surface area (TPSA) is 88.8 Å². The van der Waals surface area contributed by atoms with E-state index in [-0.39, 0.29) is 18.1 Å². The Kier molecular flexibility index (Phi) is 6.24. The van der Waals surface area contributed by atoms with Crippen LogP contribution >= 0.6 is 11.6 Å². The van der Waals surface area contributed by atoms with Crippen LogP contribution in [-0.2, 0) is 16.6 Å². The summed E-state index contributed by atoms with van der Waals surface area (Å²) in [4.78, 5) is 6.01. The minimum absolute atomic E-state index is 0.216. The van der Waals surface area contributed by atoms with E-state index in [1.807, 2.05) is 29.2 Å². The standard InChI is InChI=1S/C20H20ClFN4O4S/c1-29-15-7-5-14(6-8-15)20-23-18(30-24-20)13-25-9-11-26(12-10-25)31(27,28)17-4-2-3-16(21)19(17)22/h2-8H,9-13H2,1H3. The highest BCUT2D eigenvalue weighted by atomic mass is 35.5. The Morgan fingerprint density at radius 3 is 2.52 bits per heavy atom. The normalized spacial score (nSPS) is 15.8. The van der Waals surface area contributed by atoms with Crippen LogP contribution < -0.4 is 4.74 Å². The molecule has 1 aliphatic rings. The average Bonchev–Trinajstić information content (AvgIpc) is 3.24.